The summed E-state index contributed by atoms with van der Waals surface area (Å²) in [6.45, 7) is 7.64. The Morgan fingerprint density at radius 3 is 2.60 bits per heavy atom. The fraction of sp³-hybridized carbons (Fsp3) is 0.667. The highest BCUT2D eigenvalue weighted by molar-refractivity contribution is 9.10. The summed E-state index contributed by atoms with van der Waals surface area (Å²) in [4.78, 5) is 0. The maximum Gasteiger partial charge on any atom is 0.173 e. The molecule has 0 aliphatic heterocycles. The number of hydrogen-bond donors (Lipinski definition) is 1. The van der Waals surface area contributed by atoms with Crippen molar-refractivity contribution < 1.29 is 4.42 Å². The normalized spacial score (nSPS) is 13.4. The van der Waals surface area contributed by atoms with Gasteiger partial charge in [-0.2, -0.15) is 0 Å². The highest BCUT2D eigenvalue weighted by Crippen LogP contribution is 2.28. The highest BCUT2D eigenvalue weighted by atomic mass is 79.9. The predicted octanol–water partition coefficient (Wildman–Crippen LogP) is 4.13. The van der Waals surface area contributed by atoms with Crippen molar-refractivity contribution in [2.45, 2.75) is 39.7 Å². The van der Waals surface area contributed by atoms with Gasteiger partial charge in [-0.1, -0.05) is 20.8 Å². The fourth-order valence-corrected chi connectivity index (χ4v) is 2.18. The van der Waals surface area contributed by atoms with Crippen LogP contribution in [0, 0.1) is 5.92 Å². The molecule has 0 amide bonds. The molecule has 3 heteroatoms. The number of rotatable bonds is 6. The Hall–Kier alpha value is -0.280. The maximum absolute atomic E-state index is 5.28. The van der Waals surface area contributed by atoms with Gasteiger partial charge in [-0.3, -0.25) is 0 Å². The molecule has 15 heavy (non-hydrogen) atoms. The lowest BCUT2D eigenvalue weighted by Gasteiger charge is -2.17. The molecule has 0 fully saturated rings. The molecule has 1 rings (SSSR count). The molecule has 0 saturated heterocycles. The van der Waals surface area contributed by atoms with Crippen LogP contribution in [0.1, 0.15) is 45.2 Å². The van der Waals surface area contributed by atoms with Gasteiger partial charge in [0, 0.05) is 11.6 Å². The summed E-state index contributed by atoms with van der Waals surface area (Å²) in [7, 11) is 0. The number of hydrogen-bond acceptors (Lipinski definition) is 2. The molecule has 0 aliphatic carbocycles. The Morgan fingerprint density at radius 2 is 2.13 bits per heavy atom. The zero-order valence-electron chi connectivity index (χ0n) is 9.72. The minimum atomic E-state index is 0.408. The lowest BCUT2D eigenvalue weighted by atomic mass is 9.99. The minimum absolute atomic E-state index is 0.408. The molecule has 0 saturated carbocycles. The van der Waals surface area contributed by atoms with Crippen LogP contribution in [0.2, 0.25) is 0 Å². The largest absolute Gasteiger partial charge is 0.457 e. The van der Waals surface area contributed by atoms with Crippen LogP contribution in [0.3, 0.4) is 0 Å². The van der Waals surface area contributed by atoms with Crippen molar-refractivity contribution in [3.8, 4) is 0 Å². The van der Waals surface area contributed by atoms with Crippen molar-refractivity contribution in [1.82, 2.24) is 5.32 Å². The van der Waals surface area contributed by atoms with Gasteiger partial charge >= 0.3 is 0 Å². The van der Waals surface area contributed by atoms with Gasteiger partial charge in [0.1, 0.15) is 0 Å². The lowest BCUT2D eigenvalue weighted by Crippen LogP contribution is -2.21. The standard InChI is InChI=1S/C12H20BrNO/c1-4-14-11(6-5-9(2)3)10-7-8-15-12(10)13/h7-9,11,14H,4-6H2,1-3H3. The Labute approximate surface area is 101 Å². The molecule has 1 aromatic heterocycles. The molecule has 0 radical (unpaired) electrons. The summed E-state index contributed by atoms with van der Waals surface area (Å²) in [6, 6.07) is 2.45. The number of halogens is 1. The van der Waals surface area contributed by atoms with E-state index < -0.39 is 0 Å². The summed E-state index contributed by atoms with van der Waals surface area (Å²) in [5.41, 5.74) is 1.23. The van der Waals surface area contributed by atoms with E-state index in [1.807, 2.05) is 6.07 Å². The third kappa shape index (κ3) is 3.99. The zero-order valence-corrected chi connectivity index (χ0v) is 11.3. The van der Waals surface area contributed by atoms with E-state index in [1.54, 1.807) is 6.26 Å². The summed E-state index contributed by atoms with van der Waals surface area (Å²) in [5.74, 6) is 0.747. The van der Waals surface area contributed by atoms with Crippen LogP contribution < -0.4 is 5.32 Å². The molecule has 1 N–H and O–H groups in total. The quantitative estimate of drug-likeness (QED) is 0.843. The smallest absolute Gasteiger partial charge is 0.173 e. The first-order valence-electron chi connectivity index (χ1n) is 5.61. The van der Waals surface area contributed by atoms with Gasteiger partial charge in [-0.25, -0.2) is 0 Å². The lowest BCUT2D eigenvalue weighted by molar-refractivity contribution is 0.439. The summed E-state index contributed by atoms with van der Waals surface area (Å²) in [6.07, 6.45) is 4.12. The Morgan fingerprint density at radius 1 is 1.40 bits per heavy atom. The summed E-state index contributed by atoms with van der Waals surface area (Å²) in [5, 5.41) is 3.49. The topological polar surface area (TPSA) is 25.2 Å². The summed E-state index contributed by atoms with van der Waals surface area (Å²) >= 11 is 3.44. The first kappa shape index (κ1) is 12.8. The van der Waals surface area contributed by atoms with Crippen molar-refractivity contribution >= 4 is 15.9 Å². The second-order valence-electron chi connectivity index (χ2n) is 4.23. The van der Waals surface area contributed by atoms with Crippen LogP contribution in [0.4, 0.5) is 0 Å². The van der Waals surface area contributed by atoms with Crippen molar-refractivity contribution in [3.63, 3.8) is 0 Å². The van der Waals surface area contributed by atoms with Gasteiger partial charge in [0.05, 0.1) is 6.26 Å². The van der Waals surface area contributed by atoms with Crippen LogP contribution in [0.5, 0.6) is 0 Å². The molecular formula is C12H20BrNO. The number of furan rings is 1. The van der Waals surface area contributed by atoms with Gasteiger partial charge < -0.3 is 9.73 Å². The maximum atomic E-state index is 5.28. The van der Waals surface area contributed by atoms with Crippen LogP contribution >= 0.6 is 15.9 Å². The van der Waals surface area contributed by atoms with Crippen molar-refractivity contribution in [2.75, 3.05) is 6.54 Å². The average molecular weight is 274 g/mol. The van der Waals surface area contributed by atoms with Crippen LogP contribution in [0.25, 0.3) is 0 Å². The van der Waals surface area contributed by atoms with Gasteiger partial charge in [0.2, 0.25) is 0 Å². The predicted molar refractivity (Wildman–Crippen MR) is 66.9 cm³/mol. The monoisotopic (exact) mass is 273 g/mol. The second-order valence-corrected chi connectivity index (χ2v) is 4.95. The van der Waals surface area contributed by atoms with E-state index in [9.17, 15) is 0 Å². The first-order chi connectivity index (χ1) is 7.15. The molecule has 2 nitrogen and oxygen atoms in total. The van der Waals surface area contributed by atoms with E-state index in [-0.39, 0.29) is 0 Å². The van der Waals surface area contributed by atoms with Gasteiger partial charge in [0.25, 0.3) is 0 Å². The number of nitrogens with one attached hydrogen (secondary N) is 1. The Kier molecular flexibility index (Phi) is 5.40. The Bertz CT molecular complexity index is 283. The third-order valence-electron chi connectivity index (χ3n) is 2.50. The van der Waals surface area contributed by atoms with Crippen LogP contribution in [-0.4, -0.2) is 6.54 Å². The first-order valence-corrected chi connectivity index (χ1v) is 6.40. The van der Waals surface area contributed by atoms with E-state index in [2.05, 4.69) is 42.0 Å². The summed E-state index contributed by atoms with van der Waals surface area (Å²) < 4.78 is 6.13. The third-order valence-corrected chi connectivity index (χ3v) is 3.15. The molecule has 0 bridgehead atoms. The van der Waals surface area contributed by atoms with Gasteiger partial charge in [-0.05, 0) is 47.3 Å². The van der Waals surface area contributed by atoms with Gasteiger partial charge in [-0.15, -0.1) is 0 Å². The SMILES string of the molecule is CCNC(CCC(C)C)c1ccoc1Br. The van der Waals surface area contributed by atoms with Crippen LogP contribution in [0.15, 0.2) is 21.4 Å². The molecule has 1 heterocycles. The van der Waals surface area contributed by atoms with Crippen molar-refractivity contribution in [3.05, 3.63) is 22.6 Å². The molecule has 1 aromatic rings. The fourth-order valence-electron chi connectivity index (χ4n) is 1.67. The van der Waals surface area contributed by atoms with E-state index in [4.69, 9.17) is 4.42 Å². The van der Waals surface area contributed by atoms with E-state index in [1.165, 1.54) is 12.0 Å². The minimum Gasteiger partial charge on any atom is -0.457 e. The second kappa shape index (κ2) is 6.33. The molecular weight excluding hydrogens is 254 g/mol. The zero-order chi connectivity index (χ0) is 11.3. The van der Waals surface area contributed by atoms with Gasteiger partial charge in [0.15, 0.2) is 4.67 Å². The van der Waals surface area contributed by atoms with Crippen molar-refractivity contribution in [2.24, 2.45) is 5.92 Å². The average Bonchev–Trinajstić information content (AvgIpc) is 2.59. The highest BCUT2D eigenvalue weighted by Gasteiger charge is 2.15. The van der Waals surface area contributed by atoms with Crippen molar-refractivity contribution in [1.29, 1.82) is 0 Å². The van der Waals surface area contributed by atoms with E-state index in [0.29, 0.717) is 6.04 Å². The Balaban J connectivity index is 2.61. The molecule has 86 valence electrons. The van der Waals surface area contributed by atoms with E-state index in [0.717, 1.165) is 23.6 Å². The molecule has 0 aliphatic rings. The molecule has 1 atom stereocenters. The molecule has 1 unspecified atom stereocenters. The molecule has 0 spiro atoms. The van der Waals surface area contributed by atoms with Crippen LogP contribution in [-0.2, 0) is 0 Å². The molecule has 0 aromatic carbocycles. The van der Waals surface area contributed by atoms with E-state index >= 15 is 0 Å².